The Morgan fingerprint density at radius 2 is 0.500 bits per heavy atom. The van der Waals surface area contributed by atoms with E-state index in [-0.39, 0.29) is 0 Å². The van der Waals surface area contributed by atoms with Crippen LogP contribution in [-0.4, -0.2) is 90.7 Å². The molecule has 0 fully saturated rings. The van der Waals surface area contributed by atoms with E-state index in [4.69, 9.17) is 0 Å². The van der Waals surface area contributed by atoms with Gasteiger partial charge in [0.05, 0.1) is 0 Å². The van der Waals surface area contributed by atoms with Crippen molar-refractivity contribution in [1.82, 2.24) is 0 Å². The van der Waals surface area contributed by atoms with Crippen molar-refractivity contribution in [2.75, 3.05) is 0 Å². The van der Waals surface area contributed by atoms with E-state index in [9.17, 15) is 74.6 Å². The van der Waals surface area contributed by atoms with E-state index in [1.807, 2.05) is 0 Å². The zero-order valence-corrected chi connectivity index (χ0v) is 14.5. The third-order valence-corrected chi connectivity index (χ3v) is 3.86. The summed E-state index contributed by atoms with van der Waals surface area (Å²) in [6.45, 7) is 0. The van der Waals surface area contributed by atoms with Crippen LogP contribution in [0.2, 0.25) is 0 Å². The molecule has 18 heteroatoms. The zero-order chi connectivity index (χ0) is 22.0. The first-order valence-corrected chi connectivity index (χ1v) is 7.02. The van der Waals surface area contributed by atoms with Gasteiger partial charge >= 0.3 is 165 Å². The van der Waals surface area contributed by atoms with Gasteiger partial charge < -0.3 is 0 Å². The monoisotopic (exact) mass is 458 g/mol. The van der Waals surface area contributed by atoms with Crippen molar-refractivity contribution in [3.05, 3.63) is 0 Å². The Morgan fingerprint density at radius 1 is 0.308 bits per heavy atom. The molecular weight excluding hydrogens is 458 g/mol. The van der Waals surface area contributed by atoms with Crippen molar-refractivity contribution in [1.29, 1.82) is 0 Å². The Labute approximate surface area is 164 Å². The number of rotatable bonds is 6. The van der Waals surface area contributed by atoms with E-state index < -0.39 is 90.7 Å². The van der Waals surface area contributed by atoms with Gasteiger partial charge in [-0.2, -0.15) is 0 Å². The van der Waals surface area contributed by atoms with Crippen LogP contribution < -0.4 is 0 Å². The molecule has 0 radical (unpaired) electrons. The number of halogens is 17. The third-order valence-electron chi connectivity index (χ3n) is 2.88. The standard InChI is InChI=1S/C8F17.K/c9-1(10)2(11,12)3(13,14)4(15,16)5(17,18)6(19,20)7(21,22)8(23,24)25;. The SMILES string of the molecule is FC(F)(F)C(F)(F)C(F)(F)C(F)(F)C(F)(F)C(F)(F)C(F)(F)[C](F)(F)[K]. The van der Waals surface area contributed by atoms with E-state index in [1.165, 1.54) is 0 Å². The predicted octanol–water partition coefficient (Wildman–Crippen LogP) is 5.12. The van der Waals surface area contributed by atoms with Crippen molar-refractivity contribution in [3.63, 3.8) is 0 Å². The fourth-order valence-corrected chi connectivity index (χ4v) is 1.73. The summed E-state index contributed by atoms with van der Waals surface area (Å²) in [4.78, 5) is 0. The molecule has 0 aliphatic heterocycles. The second-order valence-corrected chi connectivity index (χ2v) is 6.79. The molecule has 0 aliphatic carbocycles. The normalized spacial score (nSPS) is 16.9. The summed E-state index contributed by atoms with van der Waals surface area (Å²) in [5.74, 6) is -49.2. The van der Waals surface area contributed by atoms with E-state index in [0.29, 0.717) is 0 Å². The van der Waals surface area contributed by atoms with Crippen molar-refractivity contribution < 1.29 is 74.6 Å². The van der Waals surface area contributed by atoms with E-state index in [2.05, 4.69) is 0 Å². The molecule has 0 aliphatic rings. The summed E-state index contributed by atoms with van der Waals surface area (Å²) >= 11 is -2.86. The second kappa shape index (κ2) is 6.48. The first-order valence-electron chi connectivity index (χ1n) is 5.46. The van der Waals surface area contributed by atoms with Crippen LogP contribution in [0.1, 0.15) is 0 Å². The maximum absolute atomic E-state index is 12.9. The van der Waals surface area contributed by atoms with Gasteiger partial charge in [-0.05, 0) is 0 Å². The molecule has 0 amide bonds. The topological polar surface area (TPSA) is 0 Å². The Hall–Kier alpha value is 0.446. The fraction of sp³-hybridized carbons (Fsp3) is 1.00. The average molecular weight is 458 g/mol. The Balaban J connectivity index is 6.61. The number of alkyl halides is 17. The molecule has 152 valence electrons. The van der Waals surface area contributed by atoms with E-state index in [0.717, 1.165) is 0 Å². The third kappa shape index (κ3) is 3.34. The molecule has 0 nitrogen and oxygen atoms in total. The van der Waals surface area contributed by atoms with Gasteiger partial charge in [0.15, 0.2) is 0 Å². The number of hydrogen-bond donors (Lipinski definition) is 0. The van der Waals surface area contributed by atoms with Crippen molar-refractivity contribution in [2.24, 2.45) is 0 Å². The summed E-state index contributed by atoms with van der Waals surface area (Å²) in [6.07, 6.45) is -7.72. The van der Waals surface area contributed by atoms with Gasteiger partial charge in [-0.25, -0.2) is 0 Å². The minimum atomic E-state index is -8.54. The Morgan fingerprint density at radius 3 is 0.692 bits per heavy atom. The quantitative estimate of drug-likeness (QED) is 0.383. The predicted molar refractivity (Wildman–Crippen MR) is 46.4 cm³/mol. The average Bonchev–Trinajstić information content (AvgIpc) is 2.34. The van der Waals surface area contributed by atoms with Crippen LogP contribution in [0.3, 0.4) is 0 Å². The van der Waals surface area contributed by atoms with Crippen LogP contribution in [-0.2, 0) is 0 Å². The van der Waals surface area contributed by atoms with Gasteiger partial charge in [-0.1, -0.05) is 0 Å². The molecule has 26 heavy (non-hydrogen) atoms. The second-order valence-electron chi connectivity index (χ2n) is 4.83. The maximum atomic E-state index is 12.9. The van der Waals surface area contributed by atoms with Crippen LogP contribution in [0, 0.1) is 0 Å². The van der Waals surface area contributed by atoms with Crippen LogP contribution in [0.15, 0.2) is 0 Å². The van der Waals surface area contributed by atoms with Crippen LogP contribution >= 0.6 is 0 Å². The van der Waals surface area contributed by atoms with Crippen molar-refractivity contribution in [3.8, 4) is 0 Å². The van der Waals surface area contributed by atoms with Gasteiger partial charge in [-0.3, -0.25) is 0 Å². The molecule has 0 heterocycles. The molecule has 0 unspecified atom stereocenters. The minimum absolute atomic E-state index is 2.86. The van der Waals surface area contributed by atoms with Crippen LogP contribution in [0.4, 0.5) is 74.6 Å². The van der Waals surface area contributed by atoms with E-state index in [1.54, 1.807) is 0 Å². The van der Waals surface area contributed by atoms with Gasteiger partial charge in [0.1, 0.15) is 0 Å². The Bertz CT molecular complexity index is 474. The molecule has 0 atom stereocenters. The molecule has 0 bridgehead atoms. The molecule has 0 aromatic carbocycles. The molecular formula is C8F17K. The molecule has 0 N–H and O–H groups in total. The molecule has 0 saturated heterocycles. The summed E-state index contributed by atoms with van der Waals surface area (Å²) in [5.41, 5.74) is 0. The molecule has 0 aromatic heterocycles. The zero-order valence-electron chi connectivity index (χ0n) is 11.4. The summed E-state index contributed by atoms with van der Waals surface area (Å²) < 4.78 is 207. The first-order chi connectivity index (χ1) is 10.8. The summed E-state index contributed by atoms with van der Waals surface area (Å²) in [5, 5.41) is 0. The van der Waals surface area contributed by atoms with Gasteiger partial charge in [-0.15, -0.1) is 0 Å². The first kappa shape index (κ1) is 26.4. The van der Waals surface area contributed by atoms with Crippen LogP contribution in [0.25, 0.3) is 0 Å². The fourth-order valence-electron chi connectivity index (χ4n) is 1.24. The van der Waals surface area contributed by atoms with Crippen molar-refractivity contribution in [2.45, 2.75) is 41.7 Å². The Kier molecular flexibility index (Phi) is 6.59. The van der Waals surface area contributed by atoms with Gasteiger partial charge in [0, 0.05) is 0 Å². The molecule has 0 aromatic rings. The summed E-state index contributed by atoms with van der Waals surface area (Å²) in [6, 6.07) is 0. The van der Waals surface area contributed by atoms with Crippen LogP contribution in [0.5, 0.6) is 0 Å². The number of hydrogen-bond acceptors (Lipinski definition) is 0. The van der Waals surface area contributed by atoms with Gasteiger partial charge in [0.2, 0.25) is 0 Å². The van der Waals surface area contributed by atoms with E-state index >= 15 is 0 Å². The van der Waals surface area contributed by atoms with Crippen molar-refractivity contribution >= 4 is 49.0 Å². The molecule has 0 spiro atoms. The molecule has 0 saturated carbocycles. The van der Waals surface area contributed by atoms with Gasteiger partial charge in [0.25, 0.3) is 0 Å². The molecule has 0 rings (SSSR count). The summed E-state index contributed by atoms with van der Waals surface area (Å²) in [7, 11) is 0.